The highest BCUT2D eigenvalue weighted by molar-refractivity contribution is 5.73. The molecule has 0 fully saturated rings. The summed E-state index contributed by atoms with van der Waals surface area (Å²) in [5.41, 5.74) is -1.09. The zero-order valence-electron chi connectivity index (χ0n) is 36.4. The molecule has 0 aliphatic rings. The smallest absolute Gasteiger partial charge is 0.309 e. The van der Waals surface area contributed by atoms with E-state index in [9.17, 15) is 9.59 Å². The fraction of sp³-hybridized carbons (Fsp3) is 0.953. The van der Waals surface area contributed by atoms with Gasteiger partial charge >= 0.3 is 11.9 Å². The fourth-order valence-electron chi connectivity index (χ4n) is 6.28. The van der Waals surface area contributed by atoms with Crippen LogP contribution in [-0.4, -0.2) is 61.8 Å². The minimum atomic E-state index is -0.480. The van der Waals surface area contributed by atoms with Crippen LogP contribution in [0.1, 0.15) is 182 Å². The first-order valence-corrected chi connectivity index (χ1v) is 19.9. The second-order valence-corrected chi connectivity index (χ2v) is 19.8. The zero-order valence-corrected chi connectivity index (χ0v) is 36.4. The molecule has 0 aliphatic heterocycles. The van der Waals surface area contributed by atoms with E-state index in [1.54, 1.807) is 0 Å². The summed E-state index contributed by atoms with van der Waals surface area (Å²) >= 11 is 0. The highest BCUT2D eigenvalue weighted by Gasteiger charge is 2.36. The molecule has 0 aromatic rings. The van der Waals surface area contributed by atoms with Crippen LogP contribution in [0.25, 0.3) is 0 Å². The number of hydrogen-bond acceptors (Lipinski definition) is 7. The maximum Gasteiger partial charge on any atom is 0.309 e. The molecule has 7 heteroatoms. The molecule has 0 rings (SSSR count). The van der Waals surface area contributed by atoms with Gasteiger partial charge in [0.05, 0.1) is 55.6 Å². The Morgan fingerprint density at radius 2 is 0.880 bits per heavy atom. The van der Waals surface area contributed by atoms with Crippen molar-refractivity contribution in [1.29, 1.82) is 0 Å². The van der Waals surface area contributed by atoms with E-state index >= 15 is 0 Å². The van der Waals surface area contributed by atoms with Crippen LogP contribution in [0.3, 0.4) is 0 Å². The molecule has 50 heavy (non-hydrogen) atoms. The van der Waals surface area contributed by atoms with Crippen molar-refractivity contribution in [2.75, 3.05) is 26.4 Å². The van der Waals surface area contributed by atoms with E-state index < -0.39 is 11.2 Å². The predicted octanol–water partition coefficient (Wildman–Crippen LogP) is 11.4. The Bertz CT molecular complexity index is 975. The second kappa shape index (κ2) is 20.9. The third-order valence-electron chi connectivity index (χ3n) is 10.2. The molecular formula is C43H84O7. The van der Waals surface area contributed by atoms with E-state index in [2.05, 4.69) is 111 Å². The molecule has 0 aromatic carbocycles. The summed E-state index contributed by atoms with van der Waals surface area (Å²) in [5.74, 6) is -0.640. The van der Waals surface area contributed by atoms with Gasteiger partial charge in [0.15, 0.2) is 0 Å². The molecule has 0 radical (unpaired) electrons. The van der Waals surface area contributed by atoms with Crippen molar-refractivity contribution < 1.29 is 33.3 Å². The molecule has 7 nitrogen and oxygen atoms in total. The molecule has 0 saturated heterocycles. The summed E-state index contributed by atoms with van der Waals surface area (Å²) < 4.78 is 31.3. The molecule has 0 N–H and O–H groups in total. The number of ether oxygens (including phenoxy) is 5. The van der Waals surface area contributed by atoms with Crippen LogP contribution in [0.2, 0.25) is 0 Å². The Kier molecular flexibility index (Phi) is 20.4. The lowest BCUT2D eigenvalue weighted by Gasteiger charge is -2.37. The van der Waals surface area contributed by atoms with E-state index in [-0.39, 0.29) is 57.6 Å². The van der Waals surface area contributed by atoms with E-state index in [1.165, 1.54) is 0 Å². The highest BCUT2D eigenvalue weighted by atomic mass is 16.6. The average Bonchev–Trinajstić information content (AvgIpc) is 2.98. The lowest BCUT2D eigenvalue weighted by Crippen LogP contribution is -2.40. The van der Waals surface area contributed by atoms with Crippen LogP contribution in [-0.2, 0) is 33.3 Å². The van der Waals surface area contributed by atoms with Gasteiger partial charge in [-0.3, -0.25) is 9.59 Å². The van der Waals surface area contributed by atoms with Crippen molar-refractivity contribution in [3.63, 3.8) is 0 Å². The molecule has 0 saturated carbocycles. The first-order chi connectivity index (χ1) is 22.7. The molecule has 0 aromatic heterocycles. The molecule has 0 heterocycles. The van der Waals surface area contributed by atoms with Gasteiger partial charge in [0, 0.05) is 10.8 Å². The Balaban J connectivity index is 5.17. The van der Waals surface area contributed by atoms with Gasteiger partial charge < -0.3 is 23.7 Å². The van der Waals surface area contributed by atoms with E-state index in [1.807, 2.05) is 13.8 Å². The lowest BCUT2D eigenvalue weighted by atomic mass is 9.86. The van der Waals surface area contributed by atoms with Crippen LogP contribution >= 0.6 is 0 Å². The maximum absolute atomic E-state index is 13.2. The Morgan fingerprint density at radius 3 is 1.20 bits per heavy atom. The van der Waals surface area contributed by atoms with Gasteiger partial charge in [0.2, 0.25) is 0 Å². The van der Waals surface area contributed by atoms with E-state index in [4.69, 9.17) is 23.7 Å². The van der Waals surface area contributed by atoms with Crippen LogP contribution in [0.4, 0.5) is 0 Å². The lowest BCUT2D eigenvalue weighted by molar-refractivity contribution is -0.160. The van der Waals surface area contributed by atoms with Crippen LogP contribution < -0.4 is 0 Å². The predicted molar refractivity (Wildman–Crippen MR) is 208 cm³/mol. The van der Waals surface area contributed by atoms with E-state index in [0.717, 1.165) is 44.9 Å². The number of hydrogen-bond donors (Lipinski definition) is 0. The molecule has 6 atom stereocenters. The first kappa shape index (κ1) is 48.8. The summed E-state index contributed by atoms with van der Waals surface area (Å²) in [6.45, 7) is 40.5. The van der Waals surface area contributed by atoms with Crippen molar-refractivity contribution >= 4 is 11.9 Å². The third kappa shape index (κ3) is 20.8. The van der Waals surface area contributed by atoms with Crippen molar-refractivity contribution in [3.05, 3.63) is 0 Å². The van der Waals surface area contributed by atoms with Crippen molar-refractivity contribution in [2.24, 2.45) is 33.5 Å². The fourth-order valence-corrected chi connectivity index (χ4v) is 6.28. The van der Waals surface area contributed by atoms with Gasteiger partial charge in [-0.05, 0) is 103 Å². The average molecular weight is 713 g/mol. The Hall–Kier alpha value is -1.18. The Morgan fingerprint density at radius 1 is 0.500 bits per heavy atom. The first-order valence-electron chi connectivity index (χ1n) is 19.9. The van der Waals surface area contributed by atoms with Gasteiger partial charge in [0.25, 0.3) is 0 Å². The molecule has 298 valence electrons. The number of rotatable bonds is 25. The molecule has 0 amide bonds. The quantitative estimate of drug-likeness (QED) is 0.0872. The maximum atomic E-state index is 13.2. The molecule has 6 unspecified atom stereocenters. The van der Waals surface area contributed by atoms with Gasteiger partial charge in [-0.2, -0.15) is 0 Å². The summed E-state index contributed by atoms with van der Waals surface area (Å²) in [7, 11) is 0. The van der Waals surface area contributed by atoms with Gasteiger partial charge in [-0.1, -0.05) is 90.0 Å². The van der Waals surface area contributed by atoms with Crippen LogP contribution in [0.5, 0.6) is 0 Å². The largest absolute Gasteiger partial charge is 0.462 e. The van der Waals surface area contributed by atoms with Gasteiger partial charge in [0.1, 0.15) is 6.10 Å². The van der Waals surface area contributed by atoms with Crippen molar-refractivity contribution in [1.82, 2.24) is 0 Å². The molecule has 0 spiro atoms. The topological polar surface area (TPSA) is 80.3 Å². The summed E-state index contributed by atoms with van der Waals surface area (Å²) in [6.07, 6.45) is 6.81. The number of carbonyl (C=O) groups excluding carboxylic acids is 2. The molecular weight excluding hydrogens is 628 g/mol. The minimum Gasteiger partial charge on any atom is -0.462 e. The SMILES string of the molecule is CCC(CC(C)(C)C)OC(=O)C(CC)CC(C)(C)OCC(C)(CC)COCC(C)(CC)COC(C)(C)CC(CC)C(=O)OC(C)CC(C)(C)C. The summed E-state index contributed by atoms with van der Waals surface area (Å²) in [4.78, 5) is 26.2. The standard InChI is InChI=1S/C43H84O7/c1-19-33(36(44)49-32(6)24-38(7,8)9)25-40(13,14)47-30-42(17,22-4)28-46-29-43(18,23-5)31-48-41(15,16)26-34(20-2)37(45)50-35(21-3)27-39(10,11)12/h32-35H,19-31H2,1-18H3. The molecule has 0 aliphatic carbocycles. The van der Waals surface area contributed by atoms with Gasteiger partial charge in [-0.25, -0.2) is 0 Å². The molecule has 0 bridgehead atoms. The normalized spacial score (nSPS) is 18.0. The summed E-state index contributed by atoms with van der Waals surface area (Å²) in [5, 5.41) is 0. The van der Waals surface area contributed by atoms with Crippen LogP contribution in [0.15, 0.2) is 0 Å². The summed E-state index contributed by atoms with van der Waals surface area (Å²) in [6, 6.07) is 0. The van der Waals surface area contributed by atoms with Crippen molar-refractivity contribution in [3.8, 4) is 0 Å². The highest BCUT2D eigenvalue weighted by Crippen LogP contribution is 2.33. The number of esters is 2. The third-order valence-corrected chi connectivity index (χ3v) is 10.2. The number of carbonyl (C=O) groups is 2. The van der Waals surface area contributed by atoms with E-state index in [0.29, 0.717) is 39.3 Å². The minimum absolute atomic E-state index is 0.0595. The van der Waals surface area contributed by atoms with Crippen LogP contribution in [0, 0.1) is 33.5 Å². The Labute approximate surface area is 310 Å². The van der Waals surface area contributed by atoms with Crippen molar-refractivity contribution in [2.45, 2.75) is 206 Å². The zero-order chi connectivity index (χ0) is 39.2. The second-order valence-electron chi connectivity index (χ2n) is 19.8. The monoisotopic (exact) mass is 713 g/mol. The van der Waals surface area contributed by atoms with Gasteiger partial charge in [-0.15, -0.1) is 0 Å².